The van der Waals surface area contributed by atoms with E-state index in [1.165, 1.54) is 11.3 Å². The molecule has 0 atom stereocenters. The van der Waals surface area contributed by atoms with Crippen LogP contribution in [0, 0.1) is 0 Å². The van der Waals surface area contributed by atoms with Crippen LogP contribution in [0.1, 0.15) is 0 Å². The van der Waals surface area contributed by atoms with Crippen LogP contribution in [0.15, 0.2) is 53.5 Å². The van der Waals surface area contributed by atoms with Crippen LogP contribution < -0.4 is 11.1 Å². The molecule has 4 nitrogen and oxygen atoms in total. The summed E-state index contributed by atoms with van der Waals surface area (Å²) in [5, 5.41) is 4.31. The normalized spacial score (nSPS) is 11.8. The van der Waals surface area contributed by atoms with Gasteiger partial charge in [-0.3, -0.25) is 0 Å². The molecule has 3 rings (SSSR count). The van der Waals surface area contributed by atoms with Crippen LogP contribution in [0.5, 0.6) is 0 Å². The highest BCUT2D eigenvalue weighted by Gasteiger charge is 2.02. The van der Waals surface area contributed by atoms with E-state index in [-0.39, 0.29) is 0 Å². The number of thiazole rings is 1. The van der Waals surface area contributed by atoms with Crippen molar-refractivity contribution in [3.8, 4) is 0 Å². The molecule has 0 amide bonds. The van der Waals surface area contributed by atoms with E-state index in [0.29, 0.717) is 16.1 Å². The fraction of sp³-hybridized carbons (Fsp3) is 0. The number of para-hydroxylation sites is 1. The first kappa shape index (κ1) is 12.9. The third-order valence-electron chi connectivity index (χ3n) is 2.62. The molecule has 0 saturated carbocycles. The van der Waals surface area contributed by atoms with E-state index >= 15 is 0 Å². The highest BCUT2D eigenvalue weighted by Crippen LogP contribution is 2.27. The Hall–Kier alpha value is -2.11. The van der Waals surface area contributed by atoms with E-state index in [1.54, 1.807) is 12.1 Å². The van der Waals surface area contributed by atoms with Gasteiger partial charge < -0.3 is 11.1 Å². The molecule has 0 aliphatic rings. The molecule has 0 spiro atoms. The fourth-order valence-electron chi connectivity index (χ4n) is 1.72. The third kappa shape index (κ3) is 2.89. The predicted molar refractivity (Wildman–Crippen MR) is 86.0 cm³/mol. The maximum atomic E-state index is 5.87. The molecule has 20 heavy (non-hydrogen) atoms. The number of hydrogen-bond acceptors (Lipinski definition) is 3. The van der Waals surface area contributed by atoms with Gasteiger partial charge in [0, 0.05) is 10.7 Å². The predicted octanol–water partition coefficient (Wildman–Crippen LogP) is 4.01. The average molecular weight is 303 g/mol. The number of benzene rings is 2. The van der Waals surface area contributed by atoms with E-state index in [0.717, 1.165) is 15.9 Å². The Labute approximate surface area is 124 Å². The maximum Gasteiger partial charge on any atom is 0.213 e. The molecule has 0 radical (unpaired) electrons. The molecule has 1 aromatic heterocycles. The second-order valence-corrected chi connectivity index (χ2v) is 5.54. The lowest BCUT2D eigenvalue weighted by atomic mass is 10.3. The van der Waals surface area contributed by atoms with E-state index in [4.69, 9.17) is 17.3 Å². The fourth-order valence-corrected chi connectivity index (χ4v) is 2.70. The van der Waals surface area contributed by atoms with Gasteiger partial charge in [0.15, 0.2) is 0 Å². The summed E-state index contributed by atoms with van der Waals surface area (Å²) < 4.78 is 1.09. The second-order valence-electron chi connectivity index (χ2n) is 4.09. The minimum atomic E-state index is 0.298. The molecule has 0 bridgehead atoms. The van der Waals surface area contributed by atoms with Crippen LogP contribution >= 0.6 is 22.9 Å². The molecule has 1 heterocycles. The first-order valence-corrected chi connectivity index (χ1v) is 7.12. The van der Waals surface area contributed by atoms with Crippen molar-refractivity contribution in [3.63, 3.8) is 0 Å². The van der Waals surface area contributed by atoms with Crippen molar-refractivity contribution in [3.05, 3.63) is 53.6 Å². The summed E-state index contributed by atoms with van der Waals surface area (Å²) in [6.07, 6.45) is 0. The van der Waals surface area contributed by atoms with Gasteiger partial charge in [-0.1, -0.05) is 35.1 Å². The Morgan fingerprint density at radius 2 is 1.90 bits per heavy atom. The largest absolute Gasteiger partial charge is 0.369 e. The Bertz CT molecular complexity index is 731. The highest BCUT2D eigenvalue weighted by atomic mass is 35.5. The summed E-state index contributed by atoms with van der Waals surface area (Å²) in [6.45, 7) is 0. The molecule has 2 aromatic carbocycles. The lowest BCUT2D eigenvalue weighted by molar-refractivity contribution is 1.37. The third-order valence-corrected chi connectivity index (χ3v) is 3.80. The van der Waals surface area contributed by atoms with Gasteiger partial charge in [0.2, 0.25) is 11.1 Å². The zero-order valence-electron chi connectivity index (χ0n) is 10.4. The monoisotopic (exact) mass is 302 g/mol. The molecular formula is C14H11ClN4S. The van der Waals surface area contributed by atoms with Gasteiger partial charge in [0.1, 0.15) is 0 Å². The summed E-state index contributed by atoms with van der Waals surface area (Å²) in [4.78, 5) is 8.67. The number of aliphatic imine (C=N–C) groups is 1. The van der Waals surface area contributed by atoms with Gasteiger partial charge in [-0.15, -0.1) is 0 Å². The van der Waals surface area contributed by atoms with Crippen molar-refractivity contribution in [2.45, 2.75) is 0 Å². The van der Waals surface area contributed by atoms with Crippen molar-refractivity contribution >= 4 is 49.9 Å². The molecule has 3 aromatic rings. The van der Waals surface area contributed by atoms with E-state index in [1.807, 2.05) is 36.4 Å². The second kappa shape index (κ2) is 5.48. The minimum absolute atomic E-state index is 0.298. The van der Waals surface area contributed by atoms with Crippen LogP contribution in [-0.2, 0) is 0 Å². The summed E-state index contributed by atoms with van der Waals surface area (Å²) in [6, 6.07) is 15.1. The molecule has 0 saturated heterocycles. The van der Waals surface area contributed by atoms with Crippen LogP contribution in [-0.4, -0.2) is 10.9 Å². The van der Waals surface area contributed by atoms with Crippen LogP contribution in [0.3, 0.4) is 0 Å². The topological polar surface area (TPSA) is 63.3 Å². The number of nitrogens with one attached hydrogen (secondary N) is 1. The number of nitrogens with two attached hydrogens (primary N) is 1. The van der Waals surface area contributed by atoms with Gasteiger partial charge >= 0.3 is 0 Å². The van der Waals surface area contributed by atoms with Gasteiger partial charge in [-0.2, -0.15) is 4.99 Å². The van der Waals surface area contributed by atoms with Crippen LogP contribution in [0.25, 0.3) is 10.2 Å². The lowest BCUT2D eigenvalue weighted by Gasteiger charge is -2.04. The maximum absolute atomic E-state index is 5.87. The quantitative estimate of drug-likeness (QED) is 0.555. The van der Waals surface area contributed by atoms with Crippen LogP contribution in [0.4, 0.5) is 10.8 Å². The number of rotatable bonds is 2. The molecular weight excluding hydrogens is 292 g/mol. The number of aromatic nitrogens is 1. The van der Waals surface area contributed by atoms with Crippen molar-refractivity contribution in [2.75, 3.05) is 5.32 Å². The summed E-state index contributed by atoms with van der Waals surface area (Å²) in [5.74, 6) is 0.298. The Morgan fingerprint density at radius 3 is 2.65 bits per heavy atom. The molecule has 0 fully saturated rings. The number of fused-ring (bicyclic) bond motifs is 1. The van der Waals surface area contributed by atoms with Gasteiger partial charge in [-0.25, -0.2) is 4.98 Å². The van der Waals surface area contributed by atoms with Gasteiger partial charge in [0.05, 0.1) is 10.2 Å². The number of anilines is 1. The first-order chi connectivity index (χ1) is 9.70. The van der Waals surface area contributed by atoms with E-state index in [2.05, 4.69) is 15.3 Å². The van der Waals surface area contributed by atoms with Crippen LogP contribution in [0.2, 0.25) is 5.02 Å². The van der Waals surface area contributed by atoms with Gasteiger partial charge in [0.25, 0.3) is 0 Å². The highest BCUT2D eigenvalue weighted by molar-refractivity contribution is 7.22. The molecule has 0 aliphatic heterocycles. The molecule has 100 valence electrons. The Morgan fingerprint density at radius 1 is 1.15 bits per heavy atom. The number of guanidine groups is 1. The van der Waals surface area contributed by atoms with Crippen molar-refractivity contribution in [2.24, 2.45) is 10.7 Å². The van der Waals surface area contributed by atoms with Crippen molar-refractivity contribution < 1.29 is 0 Å². The molecule has 0 aliphatic carbocycles. The van der Waals surface area contributed by atoms with Crippen molar-refractivity contribution in [1.82, 2.24) is 4.98 Å². The standard InChI is InChI=1S/C14H11ClN4S/c15-9-5-7-10(8-6-9)17-13(16)19-14-18-11-3-1-2-4-12(11)20-14/h1-8H,(H3,16,17,18,19). The molecule has 3 N–H and O–H groups in total. The van der Waals surface area contributed by atoms with Crippen molar-refractivity contribution in [1.29, 1.82) is 0 Å². The molecule has 6 heteroatoms. The minimum Gasteiger partial charge on any atom is -0.369 e. The zero-order chi connectivity index (χ0) is 13.9. The van der Waals surface area contributed by atoms with Gasteiger partial charge in [-0.05, 0) is 36.4 Å². The summed E-state index contributed by atoms with van der Waals surface area (Å²) in [5.41, 5.74) is 7.63. The first-order valence-electron chi connectivity index (χ1n) is 5.93. The summed E-state index contributed by atoms with van der Waals surface area (Å²) in [7, 11) is 0. The van der Waals surface area contributed by atoms with E-state index < -0.39 is 0 Å². The average Bonchev–Trinajstić information content (AvgIpc) is 2.83. The number of hydrogen-bond donors (Lipinski definition) is 2. The Kier molecular flexibility index (Phi) is 3.54. The number of nitrogens with zero attached hydrogens (tertiary/aromatic N) is 2. The molecule has 0 unspecified atom stereocenters. The zero-order valence-corrected chi connectivity index (χ0v) is 11.9. The van der Waals surface area contributed by atoms with E-state index in [9.17, 15) is 0 Å². The lowest BCUT2D eigenvalue weighted by Crippen LogP contribution is -2.21. The summed E-state index contributed by atoms with van der Waals surface area (Å²) >= 11 is 7.32. The number of halogens is 1. The Balaban J connectivity index is 1.81. The SMILES string of the molecule is N/C(=N\c1nc2ccccc2s1)Nc1ccc(Cl)cc1. The smallest absolute Gasteiger partial charge is 0.213 e.